The van der Waals surface area contributed by atoms with E-state index in [1.54, 1.807) is 0 Å². The largest absolute Gasteiger partial charge is 0.756 e. The highest BCUT2D eigenvalue weighted by molar-refractivity contribution is 7.45. The fraction of sp³-hybridized carbons (Fsp3) is 0.521. The van der Waals surface area contributed by atoms with Gasteiger partial charge in [0.1, 0.15) is 19.3 Å². The number of nitrogens with zero attached hydrogens (tertiary/aromatic N) is 1. The Morgan fingerprint density at radius 2 is 0.895 bits per heavy atom. The van der Waals surface area contributed by atoms with Crippen LogP contribution in [0, 0.1) is 0 Å². The fourth-order valence-electron chi connectivity index (χ4n) is 4.57. The van der Waals surface area contributed by atoms with Crippen LogP contribution in [-0.4, -0.2) is 70.7 Å². The van der Waals surface area contributed by atoms with E-state index in [-0.39, 0.29) is 26.2 Å². The van der Waals surface area contributed by atoms with Crippen molar-refractivity contribution in [2.24, 2.45) is 0 Å². The molecule has 0 aromatic rings. The molecule has 2 atom stereocenters. The van der Waals surface area contributed by atoms with E-state index in [1.807, 2.05) is 39.4 Å². The molecular formula is C48H76NO7P. The quantitative estimate of drug-likeness (QED) is 0.0204. The van der Waals surface area contributed by atoms with E-state index >= 15 is 0 Å². The lowest BCUT2D eigenvalue weighted by molar-refractivity contribution is -0.870. The second-order valence-electron chi connectivity index (χ2n) is 14.2. The molecule has 0 radical (unpaired) electrons. The van der Waals surface area contributed by atoms with Gasteiger partial charge in [0.15, 0.2) is 0 Å². The highest BCUT2D eigenvalue weighted by Gasteiger charge is 2.20. The Kier molecular flexibility index (Phi) is 37.1. The number of allylic oxidation sites excluding steroid dienone is 21. The number of likely N-dealkylation sites (N-methyl/N-ethyl adjacent to an activating group) is 1. The van der Waals surface area contributed by atoms with E-state index in [4.69, 9.17) is 18.5 Å². The minimum atomic E-state index is -4.57. The van der Waals surface area contributed by atoms with Gasteiger partial charge < -0.3 is 27.9 Å². The molecule has 0 saturated carbocycles. The van der Waals surface area contributed by atoms with Crippen molar-refractivity contribution in [1.29, 1.82) is 0 Å². The average molecular weight is 810 g/mol. The lowest BCUT2D eigenvalue weighted by Crippen LogP contribution is -2.37. The van der Waals surface area contributed by atoms with Crippen LogP contribution in [-0.2, 0) is 27.9 Å². The van der Waals surface area contributed by atoms with Crippen LogP contribution in [0.2, 0.25) is 0 Å². The summed E-state index contributed by atoms with van der Waals surface area (Å²) in [6.07, 6.45) is 57.9. The van der Waals surface area contributed by atoms with Crippen LogP contribution in [0.1, 0.15) is 104 Å². The van der Waals surface area contributed by atoms with Crippen LogP contribution < -0.4 is 4.89 Å². The third-order valence-corrected chi connectivity index (χ3v) is 8.69. The molecule has 0 aromatic carbocycles. The van der Waals surface area contributed by atoms with Crippen molar-refractivity contribution < 1.29 is 37.3 Å². The van der Waals surface area contributed by atoms with Crippen molar-refractivity contribution in [3.05, 3.63) is 134 Å². The molecule has 0 aromatic heterocycles. The fourth-order valence-corrected chi connectivity index (χ4v) is 5.30. The number of quaternary nitrogens is 1. The van der Waals surface area contributed by atoms with Gasteiger partial charge >= 0.3 is 5.97 Å². The average Bonchev–Trinajstić information content (AvgIpc) is 3.16. The standard InChI is InChI=1S/C48H76NO7P/c1-6-8-10-12-14-16-18-20-22-24-25-26-27-29-31-33-35-37-39-41-48(50)56-47(46-55-57(51,52)54-44-42-49(3,4)5)45-53-43-40-38-36-34-32-30-28-23-21-19-17-15-13-11-9-7-2/h8-11,14-17,20-23,25-26,29-32,35-38,47H,6-7,12-13,18-19,24,27-28,33-34,39-46H2,1-5H3/b10-8-,11-9-,16-14-,17-15-,22-20-,23-21-,26-25-,31-29-,32-30-,37-35-,38-36-. The van der Waals surface area contributed by atoms with Gasteiger partial charge in [0, 0.05) is 6.42 Å². The minimum absolute atomic E-state index is 0.00916. The molecule has 0 aliphatic carbocycles. The van der Waals surface area contributed by atoms with E-state index in [9.17, 15) is 14.3 Å². The second kappa shape index (κ2) is 39.5. The summed E-state index contributed by atoms with van der Waals surface area (Å²) >= 11 is 0. The zero-order valence-corrected chi connectivity index (χ0v) is 36.9. The smallest absolute Gasteiger partial charge is 0.306 e. The SMILES string of the molecule is CC/C=C\C/C=C\C/C=C\C/C=C\C/C=C\C/C=C\CCC(=O)OC(COCC/C=C\C/C=C\C/C=C\C/C=C\C/C=C\CC)COP(=O)([O-])OCC[N+](C)(C)C. The molecule has 0 N–H and O–H groups in total. The Morgan fingerprint density at radius 3 is 1.28 bits per heavy atom. The topological polar surface area (TPSA) is 94.1 Å². The van der Waals surface area contributed by atoms with Gasteiger partial charge in [-0.1, -0.05) is 148 Å². The number of carbonyl (C=O) groups is 1. The van der Waals surface area contributed by atoms with Gasteiger partial charge in [0.05, 0.1) is 41.0 Å². The van der Waals surface area contributed by atoms with Gasteiger partial charge in [-0.05, 0) is 83.5 Å². The van der Waals surface area contributed by atoms with Gasteiger partial charge in [0.25, 0.3) is 7.82 Å². The first-order chi connectivity index (χ1) is 27.6. The maximum absolute atomic E-state index is 12.6. The molecule has 8 nitrogen and oxygen atoms in total. The summed E-state index contributed by atoms with van der Waals surface area (Å²) in [5.41, 5.74) is 0. The van der Waals surface area contributed by atoms with Gasteiger partial charge in [0.2, 0.25) is 0 Å². The van der Waals surface area contributed by atoms with Crippen molar-refractivity contribution >= 4 is 13.8 Å². The molecule has 2 unspecified atom stereocenters. The third-order valence-electron chi connectivity index (χ3n) is 7.73. The van der Waals surface area contributed by atoms with Crippen molar-refractivity contribution in [2.75, 3.05) is 54.1 Å². The molecule has 0 amide bonds. The van der Waals surface area contributed by atoms with Crippen LogP contribution in [0.25, 0.3) is 0 Å². The molecule has 0 aliphatic rings. The van der Waals surface area contributed by atoms with Crippen LogP contribution in [0.3, 0.4) is 0 Å². The molecule has 0 saturated heterocycles. The Bertz CT molecular complexity index is 1360. The molecule has 0 rings (SSSR count). The zero-order chi connectivity index (χ0) is 42.0. The summed E-state index contributed by atoms with van der Waals surface area (Å²) in [4.78, 5) is 25.0. The monoisotopic (exact) mass is 810 g/mol. The Hall–Kier alpha value is -3.36. The molecule has 0 bridgehead atoms. The van der Waals surface area contributed by atoms with E-state index < -0.39 is 19.9 Å². The van der Waals surface area contributed by atoms with E-state index in [1.165, 1.54) is 0 Å². The number of carbonyl (C=O) groups excluding carboxylic acids is 1. The minimum Gasteiger partial charge on any atom is -0.756 e. The highest BCUT2D eigenvalue weighted by atomic mass is 31.2. The number of hydrogen-bond acceptors (Lipinski definition) is 7. The van der Waals surface area contributed by atoms with Crippen molar-refractivity contribution in [1.82, 2.24) is 0 Å². The Morgan fingerprint density at radius 1 is 0.526 bits per heavy atom. The van der Waals surface area contributed by atoms with Crippen molar-refractivity contribution in [3.63, 3.8) is 0 Å². The molecular weight excluding hydrogens is 734 g/mol. The van der Waals surface area contributed by atoms with E-state index in [0.29, 0.717) is 30.5 Å². The number of esters is 1. The molecule has 0 heterocycles. The van der Waals surface area contributed by atoms with Gasteiger partial charge in [-0.15, -0.1) is 0 Å². The first-order valence-corrected chi connectivity index (χ1v) is 22.4. The number of phosphoric ester groups is 1. The Balaban J connectivity index is 4.55. The lowest BCUT2D eigenvalue weighted by Gasteiger charge is -2.28. The number of rotatable bonds is 36. The molecule has 57 heavy (non-hydrogen) atoms. The molecule has 320 valence electrons. The first kappa shape index (κ1) is 53.6. The first-order valence-electron chi connectivity index (χ1n) is 20.9. The zero-order valence-electron chi connectivity index (χ0n) is 36.0. The number of phosphoric acid groups is 1. The van der Waals surface area contributed by atoms with Gasteiger partial charge in [-0.25, -0.2) is 0 Å². The predicted molar refractivity (Wildman–Crippen MR) is 240 cm³/mol. The van der Waals surface area contributed by atoms with Crippen LogP contribution in [0.4, 0.5) is 0 Å². The lowest BCUT2D eigenvalue weighted by atomic mass is 10.2. The summed E-state index contributed by atoms with van der Waals surface area (Å²) in [6.45, 7) is 4.79. The Labute approximate surface area is 347 Å². The summed E-state index contributed by atoms with van der Waals surface area (Å²) in [5.74, 6) is -0.448. The summed E-state index contributed by atoms with van der Waals surface area (Å²) in [5, 5.41) is 0. The number of hydrogen-bond donors (Lipinski definition) is 0. The predicted octanol–water partition coefficient (Wildman–Crippen LogP) is 11.7. The second-order valence-corrected chi connectivity index (χ2v) is 15.6. The highest BCUT2D eigenvalue weighted by Crippen LogP contribution is 2.38. The summed E-state index contributed by atoms with van der Waals surface area (Å²) in [7, 11) is 1.24. The normalized spacial score (nSPS) is 15.1. The number of ether oxygens (including phenoxy) is 2. The maximum atomic E-state index is 12.6. The van der Waals surface area contributed by atoms with E-state index in [2.05, 4.69) is 129 Å². The molecule has 9 heteroatoms. The van der Waals surface area contributed by atoms with Crippen molar-refractivity contribution in [3.8, 4) is 0 Å². The molecule has 0 aliphatic heterocycles. The van der Waals surface area contributed by atoms with Crippen LogP contribution >= 0.6 is 7.82 Å². The van der Waals surface area contributed by atoms with Gasteiger partial charge in [-0.2, -0.15) is 0 Å². The summed E-state index contributed by atoms with van der Waals surface area (Å²) in [6, 6.07) is 0. The van der Waals surface area contributed by atoms with Crippen LogP contribution in [0.15, 0.2) is 134 Å². The van der Waals surface area contributed by atoms with Gasteiger partial charge in [-0.3, -0.25) is 9.36 Å². The van der Waals surface area contributed by atoms with Crippen molar-refractivity contribution in [2.45, 2.75) is 110 Å². The molecule has 0 fully saturated rings. The summed E-state index contributed by atoms with van der Waals surface area (Å²) < 4.78 is 34.3. The third kappa shape index (κ3) is 43.6. The molecule has 0 spiro atoms. The maximum Gasteiger partial charge on any atom is 0.306 e. The van der Waals surface area contributed by atoms with Crippen LogP contribution in [0.5, 0.6) is 0 Å². The van der Waals surface area contributed by atoms with E-state index in [0.717, 1.165) is 70.6 Å².